The number of carbonyl (C=O) groups excluding carboxylic acids is 2. The van der Waals surface area contributed by atoms with Gasteiger partial charge in [-0.05, 0) is 11.1 Å². The van der Waals surface area contributed by atoms with Crippen LogP contribution in [0.4, 0.5) is 0 Å². The molecule has 0 aliphatic heterocycles. The standard InChI is InChI=1S/C24H32N2O7/c25-21(17-30-15-19-7-3-1-4-8-19)23(27)32-13-11-29-12-14-33-24(28)22(26)18-31-16-20-9-5-2-6-10-20/h1-10,21-22H,11-18,25-26H2/t21-,22+. The van der Waals surface area contributed by atoms with Gasteiger partial charge in [0.1, 0.15) is 25.3 Å². The van der Waals surface area contributed by atoms with Crippen molar-refractivity contribution in [1.82, 2.24) is 0 Å². The largest absolute Gasteiger partial charge is 0.462 e. The first kappa shape index (κ1) is 26.4. The van der Waals surface area contributed by atoms with Crippen molar-refractivity contribution in [2.75, 3.05) is 39.6 Å². The number of rotatable bonds is 16. The molecule has 0 bridgehead atoms. The summed E-state index contributed by atoms with van der Waals surface area (Å²) in [6.45, 7) is 1.21. The van der Waals surface area contributed by atoms with Gasteiger partial charge >= 0.3 is 11.9 Å². The number of benzene rings is 2. The van der Waals surface area contributed by atoms with Gasteiger partial charge < -0.3 is 35.2 Å². The first-order valence-electron chi connectivity index (χ1n) is 10.7. The summed E-state index contributed by atoms with van der Waals surface area (Å²) in [6, 6.07) is 17.4. The van der Waals surface area contributed by atoms with Gasteiger partial charge in [0.2, 0.25) is 0 Å². The zero-order valence-electron chi connectivity index (χ0n) is 18.6. The maximum atomic E-state index is 11.8. The van der Waals surface area contributed by atoms with Crippen LogP contribution in [0.5, 0.6) is 0 Å². The van der Waals surface area contributed by atoms with Crippen LogP contribution in [-0.4, -0.2) is 63.7 Å². The van der Waals surface area contributed by atoms with Gasteiger partial charge in [-0.25, -0.2) is 0 Å². The number of hydrogen-bond donors (Lipinski definition) is 2. The van der Waals surface area contributed by atoms with Crippen molar-refractivity contribution in [3.63, 3.8) is 0 Å². The molecule has 33 heavy (non-hydrogen) atoms. The molecule has 0 unspecified atom stereocenters. The highest BCUT2D eigenvalue weighted by molar-refractivity contribution is 5.76. The SMILES string of the molecule is N[C@H](COCc1ccccc1)C(=O)OCCOCCOC(=O)[C@@H](N)COCc1ccccc1. The summed E-state index contributed by atoms with van der Waals surface area (Å²) < 4.78 is 26.2. The Morgan fingerprint density at radius 3 is 1.39 bits per heavy atom. The summed E-state index contributed by atoms with van der Waals surface area (Å²) in [4.78, 5) is 23.7. The number of ether oxygens (including phenoxy) is 5. The van der Waals surface area contributed by atoms with Crippen molar-refractivity contribution in [3.8, 4) is 0 Å². The quantitative estimate of drug-likeness (QED) is 0.280. The van der Waals surface area contributed by atoms with Crippen LogP contribution < -0.4 is 11.5 Å². The van der Waals surface area contributed by atoms with Crippen molar-refractivity contribution >= 4 is 11.9 Å². The van der Waals surface area contributed by atoms with Crippen LogP contribution in [0.2, 0.25) is 0 Å². The second-order valence-corrected chi connectivity index (χ2v) is 7.16. The Hall–Kier alpha value is -2.82. The summed E-state index contributed by atoms with van der Waals surface area (Å²) in [6.07, 6.45) is 0. The molecule has 2 atom stereocenters. The van der Waals surface area contributed by atoms with Gasteiger partial charge in [0.25, 0.3) is 0 Å². The lowest BCUT2D eigenvalue weighted by atomic mass is 10.2. The third-order valence-corrected chi connectivity index (χ3v) is 4.37. The second-order valence-electron chi connectivity index (χ2n) is 7.16. The van der Waals surface area contributed by atoms with E-state index in [1.54, 1.807) is 0 Å². The highest BCUT2D eigenvalue weighted by atomic mass is 16.6. The summed E-state index contributed by atoms with van der Waals surface area (Å²) in [5.74, 6) is -1.14. The van der Waals surface area contributed by atoms with Crippen LogP contribution in [0.25, 0.3) is 0 Å². The van der Waals surface area contributed by atoms with Crippen LogP contribution >= 0.6 is 0 Å². The van der Waals surface area contributed by atoms with Crippen molar-refractivity contribution in [1.29, 1.82) is 0 Å². The normalized spacial score (nSPS) is 12.7. The van der Waals surface area contributed by atoms with E-state index in [-0.39, 0.29) is 39.6 Å². The fraction of sp³-hybridized carbons (Fsp3) is 0.417. The summed E-state index contributed by atoms with van der Waals surface area (Å²) >= 11 is 0. The van der Waals surface area contributed by atoms with Crippen LogP contribution in [0.15, 0.2) is 60.7 Å². The molecule has 0 spiro atoms. The highest BCUT2D eigenvalue weighted by Gasteiger charge is 2.16. The number of nitrogens with two attached hydrogens (primary N) is 2. The minimum Gasteiger partial charge on any atom is -0.462 e. The van der Waals surface area contributed by atoms with E-state index in [0.29, 0.717) is 13.2 Å². The molecular formula is C24H32N2O7. The number of esters is 2. The third-order valence-electron chi connectivity index (χ3n) is 4.37. The van der Waals surface area contributed by atoms with Crippen LogP contribution in [0.1, 0.15) is 11.1 Å². The van der Waals surface area contributed by atoms with E-state index < -0.39 is 24.0 Å². The first-order valence-corrected chi connectivity index (χ1v) is 10.7. The van der Waals surface area contributed by atoms with E-state index in [2.05, 4.69) is 0 Å². The molecule has 2 aromatic rings. The lowest BCUT2D eigenvalue weighted by Gasteiger charge is -2.13. The molecule has 0 amide bonds. The van der Waals surface area contributed by atoms with E-state index in [1.807, 2.05) is 60.7 Å². The first-order chi connectivity index (χ1) is 16.1. The van der Waals surface area contributed by atoms with Crippen molar-refractivity contribution in [2.45, 2.75) is 25.3 Å². The molecule has 0 heterocycles. The van der Waals surface area contributed by atoms with Gasteiger partial charge in [-0.3, -0.25) is 9.59 Å². The fourth-order valence-corrected chi connectivity index (χ4v) is 2.61. The Balaban J connectivity index is 1.43. The minimum atomic E-state index is -0.875. The van der Waals surface area contributed by atoms with Gasteiger partial charge in [0.15, 0.2) is 0 Å². The number of hydrogen-bond acceptors (Lipinski definition) is 9. The second kappa shape index (κ2) is 15.9. The Morgan fingerprint density at radius 1 is 0.606 bits per heavy atom. The van der Waals surface area contributed by atoms with Crippen molar-refractivity contribution in [3.05, 3.63) is 71.8 Å². The smallest absolute Gasteiger partial charge is 0.325 e. The average Bonchev–Trinajstić information content (AvgIpc) is 2.84. The minimum absolute atomic E-state index is 0.0337. The van der Waals surface area contributed by atoms with E-state index in [9.17, 15) is 9.59 Å². The molecule has 0 saturated heterocycles. The molecular weight excluding hydrogens is 428 g/mol. The molecule has 4 N–H and O–H groups in total. The average molecular weight is 461 g/mol. The Bertz CT molecular complexity index is 737. The van der Waals surface area contributed by atoms with E-state index >= 15 is 0 Å². The predicted octanol–water partition coefficient (Wildman–Crippen LogP) is 1.18. The molecule has 9 nitrogen and oxygen atoms in total. The summed E-state index contributed by atoms with van der Waals surface area (Å²) in [7, 11) is 0. The van der Waals surface area contributed by atoms with Gasteiger partial charge in [-0.15, -0.1) is 0 Å². The maximum Gasteiger partial charge on any atom is 0.325 e. The maximum absolute atomic E-state index is 11.8. The fourth-order valence-electron chi connectivity index (χ4n) is 2.61. The Morgan fingerprint density at radius 2 is 1.00 bits per heavy atom. The molecule has 0 fully saturated rings. The lowest BCUT2D eigenvalue weighted by molar-refractivity contribution is -0.149. The summed E-state index contributed by atoms with van der Waals surface area (Å²) in [5, 5.41) is 0. The topological polar surface area (TPSA) is 132 Å². The van der Waals surface area contributed by atoms with E-state index in [0.717, 1.165) is 11.1 Å². The van der Waals surface area contributed by atoms with Crippen molar-refractivity contribution < 1.29 is 33.3 Å². The molecule has 2 rings (SSSR count). The molecule has 180 valence electrons. The molecule has 0 radical (unpaired) electrons. The third kappa shape index (κ3) is 11.6. The summed E-state index contributed by atoms with van der Waals surface area (Å²) in [5.41, 5.74) is 13.5. The van der Waals surface area contributed by atoms with E-state index in [1.165, 1.54) is 0 Å². The van der Waals surface area contributed by atoms with Gasteiger partial charge in [-0.2, -0.15) is 0 Å². The Labute approximate surface area is 193 Å². The zero-order valence-corrected chi connectivity index (χ0v) is 18.6. The molecule has 0 aliphatic rings. The van der Waals surface area contributed by atoms with Crippen LogP contribution in [-0.2, 0) is 46.5 Å². The molecule has 2 aromatic carbocycles. The zero-order chi connectivity index (χ0) is 23.7. The van der Waals surface area contributed by atoms with Crippen molar-refractivity contribution in [2.24, 2.45) is 11.5 Å². The molecule has 9 heteroatoms. The van der Waals surface area contributed by atoms with Crippen LogP contribution in [0.3, 0.4) is 0 Å². The lowest BCUT2D eigenvalue weighted by Crippen LogP contribution is -2.37. The molecule has 0 aliphatic carbocycles. The predicted molar refractivity (Wildman–Crippen MR) is 121 cm³/mol. The van der Waals surface area contributed by atoms with Gasteiger partial charge in [-0.1, -0.05) is 60.7 Å². The monoisotopic (exact) mass is 460 g/mol. The van der Waals surface area contributed by atoms with E-state index in [4.69, 9.17) is 35.2 Å². The highest BCUT2D eigenvalue weighted by Crippen LogP contribution is 2.02. The Kier molecular flexibility index (Phi) is 12.7. The molecule has 0 aromatic heterocycles. The van der Waals surface area contributed by atoms with Crippen LogP contribution in [0, 0.1) is 0 Å². The van der Waals surface area contributed by atoms with Gasteiger partial charge in [0.05, 0.1) is 39.6 Å². The molecule has 0 saturated carbocycles. The number of carbonyl (C=O) groups is 2. The van der Waals surface area contributed by atoms with Gasteiger partial charge in [0, 0.05) is 0 Å².